The Morgan fingerprint density at radius 3 is 2.59 bits per heavy atom. The molecule has 34 heavy (non-hydrogen) atoms. The van der Waals surface area contributed by atoms with Crippen LogP contribution < -0.4 is 4.74 Å². The summed E-state index contributed by atoms with van der Waals surface area (Å²) in [5.41, 5.74) is 0.783. The number of piperidine rings is 1. The maximum Gasteiger partial charge on any atom is 0.165 e. The zero-order chi connectivity index (χ0) is 23.9. The van der Waals surface area contributed by atoms with Gasteiger partial charge in [0.25, 0.3) is 0 Å². The lowest BCUT2D eigenvalue weighted by Gasteiger charge is -2.75. The van der Waals surface area contributed by atoms with Crippen molar-refractivity contribution in [1.29, 1.82) is 0 Å². The van der Waals surface area contributed by atoms with Crippen LogP contribution in [0, 0.1) is 22.7 Å². The van der Waals surface area contributed by atoms with Crippen molar-refractivity contribution >= 4 is 0 Å². The standard InChI is InChI=1S/C29H41NO4/c1-25(2,3)26(4,32)20-15-27-10-11-29(20,33-5)24-28(27)12-13-30(16-17-6-7-17)21(27)14-18-8-9-19(31)23(34-24)22(18)28/h8-9,17,20-21,24,31-32H,6-7,10-16H2,1-5H3/t20-,21?,24-,26?,27-,28+,29-/m1/s1. The minimum Gasteiger partial charge on any atom is -0.504 e. The van der Waals surface area contributed by atoms with Crippen molar-refractivity contribution in [2.24, 2.45) is 22.7 Å². The number of benzene rings is 1. The van der Waals surface area contributed by atoms with E-state index in [9.17, 15) is 10.2 Å². The smallest absolute Gasteiger partial charge is 0.165 e. The highest BCUT2D eigenvalue weighted by atomic mass is 16.6. The molecule has 7 atom stereocenters. The van der Waals surface area contributed by atoms with E-state index in [-0.39, 0.29) is 34.0 Å². The van der Waals surface area contributed by atoms with Gasteiger partial charge in [0.1, 0.15) is 11.7 Å². The molecular weight excluding hydrogens is 426 g/mol. The molecule has 8 rings (SSSR count). The number of nitrogens with zero attached hydrogens (tertiary/aromatic N) is 1. The molecule has 2 heterocycles. The van der Waals surface area contributed by atoms with Crippen LogP contribution in [0.5, 0.6) is 11.5 Å². The van der Waals surface area contributed by atoms with Gasteiger partial charge in [0, 0.05) is 42.0 Å². The Bertz CT molecular complexity index is 1060. The molecule has 4 saturated carbocycles. The normalized spacial score (nSPS) is 43.9. The van der Waals surface area contributed by atoms with Crippen LogP contribution in [-0.4, -0.2) is 58.7 Å². The molecule has 2 unspecified atom stereocenters. The molecular formula is C29H41NO4. The Morgan fingerprint density at radius 2 is 1.91 bits per heavy atom. The molecule has 0 radical (unpaired) electrons. The summed E-state index contributed by atoms with van der Waals surface area (Å²) in [5, 5.41) is 23.2. The number of methoxy groups -OCH3 is 1. The van der Waals surface area contributed by atoms with Gasteiger partial charge in [-0.05, 0) is 81.4 Å². The third-order valence-corrected chi connectivity index (χ3v) is 11.9. The van der Waals surface area contributed by atoms with Gasteiger partial charge >= 0.3 is 0 Å². The first kappa shape index (κ1) is 21.9. The number of fused-ring (bicyclic) bond motifs is 2. The van der Waals surface area contributed by atoms with Gasteiger partial charge in [-0.25, -0.2) is 0 Å². The molecule has 2 aliphatic heterocycles. The molecule has 4 bridgehead atoms. The van der Waals surface area contributed by atoms with E-state index in [1.54, 1.807) is 0 Å². The quantitative estimate of drug-likeness (QED) is 0.687. The summed E-state index contributed by atoms with van der Waals surface area (Å²) < 4.78 is 13.5. The van der Waals surface area contributed by atoms with E-state index >= 15 is 0 Å². The van der Waals surface area contributed by atoms with E-state index in [0.29, 0.717) is 11.8 Å². The van der Waals surface area contributed by atoms with Crippen LogP contribution in [0.2, 0.25) is 0 Å². The fraction of sp³-hybridized carbons (Fsp3) is 0.793. The average Bonchev–Trinajstić information content (AvgIpc) is 3.53. The maximum atomic E-state index is 12.2. The van der Waals surface area contributed by atoms with Gasteiger partial charge in [0.2, 0.25) is 0 Å². The molecule has 2 spiro atoms. The van der Waals surface area contributed by atoms with E-state index in [0.717, 1.165) is 44.6 Å². The van der Waals surface area contributed by atoms with Crippen molar-refractivity contribution in [2.75, 3.05) is 20.2 Å². The van der Waals surface area contributed by atoms with Crippen molar-refractivity contribution < 1.29 is 19.7 Å². The predicted molar refractivity (Wildman–Crippen MR) is 130 cm³/mol. The van der Waals surface area contributed by atoms with Crippen LogP contribution >= 0.6 is 0 Å². The van der Waals surface area contributed by atoms with Crippen LogP contribution in [0.15, 0.2) is 12.1 Å². The third-order valence-electron chi connectivity index (χ3n) is 11.9. The summed E-state index contributed by atoms with van der Waals surface area (Å²) in [6.07, 6.45) is 7.64. The van der Waals surface area contributed by atoms with E-state index in [1.165, 1.54) is 30.5 Å². The van der Waals surface area contributed by atoms with Gasteiger partial charge < -0.3 is 19.7 Å². The zero-order valence-electron chi connectivity index (χ0n) is 21.5. The Morgan fingerprint density at radius 1 is 1.15 bits per heavy atom. The summed E-state index contributed by atoms with van der Waals surface area (Å²) in [6, 6.07) is 4.46. The number of phenols is 1. The topological polar surface area (TPSA) is 62.2 Å². The van der Waals surface area contributed by atoms with Crippen molar-refractivity contribution in [3.8, 4) is 11.5 Å². The van der Waals surface area contributed by atoms with Crippen molar-refractivity contribution in [2.45, 2.75) is 101 Å². The second kappa shape index (κ2) is 6.33. The first-order valence-electron chi connectivity index (χ1n) is 13.6. The molecule has 1 aromatic carbocycles. The van der Waals surface area contributed by atoms with Gasteiger partial charge in [-0.1, -0.05) is 26.8 Å². The van der Waals surface area contributed by atoms with Crippen LogP contribution in [0.3, 0.4) is 0 Å². The van der Waals surface area contributed by atoms with Crippen LogP contribution in [0.25, 0.3) is 0 Å². The van der Waals surface area contributed by atoms with E-state index in [2.05, 4.69) is 31.7 Å². The Labute approximate surface area is 203 Å². The van der Waals surface area contributed by atoms with Crippen molar-refractivity contribution in [3.05, 3.63) is 23.3 Å². The van der Waals surface area contributed by atoms with Crippen molar-refractivity contribution in [1.82, 2.24) is 4.90 Å². The minimum absolute atomic E-state index is 0.0294. The number of aromatic hydroxyl groups is 1. The minimum atomic E-state index is -0.909. The second-order valence-electron chi connectivity index (χ2n) is 13.8. The summed E-state index contributed by atoms with van der Waals surface area (Å²) in [5.74, 6) is 1.80. The first-order valence-corrected chi connectivity index (χ1v) is 13.6. The molecule has 186 valence electrons. The SMILES string of the molecule is CO[C@]12CC[C@@]3(C[C@@H]1C(C)(O)C(C)(C)C)C1Cc4ccc(O)c5c4[C@@]3(CCN1CC1CC1)[C@H]2O5. The van der Waals surface area contributed by atoms with E-state index in [1.807, 2.05) is 20.1 Å². The number of aliphatic hydroxyl groups is 1. The Kier molecular flexibility index (Phi) is 4.08. The average molecular weight is 468 g/mol. The molecule has 5 aliphatic carbocycles. The fourth-order valence-electron chi connectivity index (χ4n) is 9.58. The lowest BCUT2D eigenvalue weighted by molar-refractivity contribution is -0.312. The highest BCUT2D eigenvalue weighted by molar-refractivity contribution is 5.63. The fourth-order valence-corrected chi connectivity index (χ4v) is 9.58. The highest BCUT2D eigenvalue weighted by Crippen LogP contribution is 2.78. The molecule has 5 fully saturated rings. The number of hydrogen-bond acceptors (Lipinski definition) is 5. The lowest BCUT2D eigenvalue weighted by atomic mass is 9.33. The van der Waals surface area contributed by atoms with E-state index < -0.39 is 11.2 Å². The molecule has 0 amide bonds. The molecule has 1 saturated heterocycles. The van der Waals surface area contributed by atoms with Gasteiger partial charge in [0.05, 0.1) is 5.60 Å². The lowest BCUT2D eigenvalue weighted by Crippen LogP contribution is -2.83. The van der Waals surface area contributed by atoms with Crippen molar-refractivity contribution in [3.63, 3.8) is 0 Å². The van der Waals surface area contributed by atoms with Gasteiger partial charge in [-0.15, -0.1) is 0 Å². The van der Waals surface area contributed by atoms with E-state index in [4.69, 9.17) is 9.47 Å². The Hall–Kier alpha value is -1.30. The number of rotatable bonds is 4. The summed E-state index contributed by atoms with van der Waals surface area (Å²) in [7, 11) is 1.83. The van der Waals surface area contributed by atoms with Crippen LogP contribution in [0.4, 0.5) is 0 Å². The number of phenolic OH excluding ortho intramolecular Hbond substituents is 1. The largest absolute Gasteiger partial charge is 0.504 e. The zero-order valence-corrected chi connectivity index (χ0v) is 21.5. The monoisotopic (exact) mass is 467 g/mol. The number of hydrogen-bond donors (Lipinski definition) is 2. The molecule has 7 aliphatic rings. The third kappa shape index (κ3) is 2.25. The summed E-state index contributed by atoms with van der Waals surface area (Å²) in [4.78, 5) is 2.82. The molecule has 5 nitrogen and oxygen atoms in total. The number of ether oxygens (including phenoxy) is 2. The van der Waals surface area contributed by atoms with Gasteiger partial charge in [-0.3, -0.25) is 4.90 Å². The second-order valence-corrected chi connectivity index (χ2v) is 13.8. The first-order chi connectivity index (χ1) is 16.0. The van der Waals surface area contributed by atoms with Crippen LogP contribution in [-0.2, 0) is 16.6 Å². The molecule has 5 heteroatoms. The molecule has 0 aromatic heterocycles. The predicted octanol–water partition coefficient (Wildman–Crippen LogP) is 4.41. The van der Waals surface area contributed by atoms with Crippen LogP contribution in [0.1, 0.15) is 77.3 Å². The van der Waals surface area contributed by atoms with Gasteiger partial charge in [-0.2, -0.15) is 0 Å². The van der Waals surface area contributed by atoms with Gasteiger partial charge in [0.15, 0.2) is 11.5 Å². The molecule has 1 aromatic rings. The number of likely N-dealkylation sites (tertiary alicyclic amines) is 1. The summed E-state index contributed by atoms with van der Waals surface area (Å²) in [6.45, 7) is 10.8. The Balaban J connectivity index is 1.47. The molecule has 2 N–H and O–H groups in total. The highest BCUT2D eigenvalue weighted by Gasteiger charge is 2.82. The maximum absolute atomic E-state index is 12.2. The summed E-state index contributed by atoms with van der Waals surface area (Å²) >= 11 is 0.